The van der Waals surface area contributed by atoms with Crippen LogP contribution in [0.5, 0.6) is 0 Å². The zero-order chi connectivity index (χ0) is 19.1. The Labute approximate surface area is 164 Å². The molecule has 0 fully saturated rings. The SMILES string of the molecule is CN(C)/C=C1/C(=O)CCc2c1sc1ncnc(Nc3ccc(F)c(Cl)c3)c21. The summed E-state index contributed by atoms with van der Waals surface area (Å²) in [6.07, 6.45) is 4.44. The van der Waals surface area contributed by atoms with E-state index < -0.39 is 5.82 Å². The highest BCUT2D eigenvalue weighted by Gasteiger charge is 2.28. The predicted molar refractivity (Wildman–Crippen MR) is 107 cm³/mol. The number of ketones is 1. The van der Waals surface area contributed by atoms with Crippen LogP contribution in [0.25, 0.3) is 15.8 Å². The lowest BCUT2D eigenvalue weighted by molar-refractivity contribution is -0.113. The van der Waals surface area contributed by atoms with Crippen molar-refractivity contribution < 1.29 is 9.18 Å². The zero-order valence-electron chi connectivity index (χ0n) is 14.7. The number of hydrogen-bond acceptors (Lipinski definition) is 6. The first-order valence-corrected chi connectivity index (χ1v) is 9.53. The number of halogens is 2. The lowest BCUT2D eigenvalue weighted by atomic mass is 9.92. The summed E-state index contributed by atoms with van der Waals surface area (Å²) in [7, 11) is 3.79. The van der Waals surface area contributed by atoms with Gasteiger partial charge in [0.1, 0.15) is 22.8 Å². The molecule has 0 unspecified atom stereocenters. The van der Waals surface area contributed by atoms with E-state index >= 15 is 0 Å². The monoisotopic (exact) mass is 402 g/mol. The summed E-state index contributed by atoms with van der Waals surface area (Å²) in [5.41, 5.74) is 2.41. The average Bonchev–Trinajstić information content (AvgIpc) is 3.00. The van der Waals surface area contributed by atoms with Gasteiger partial charge < -0.3 is 10.2 Å². The minimum Gasteiger partial charge on any atom is -0.383 e. The molecule has 3 aromatic rings. The van der Waals surface area contributed by atoms with Crippen molar-refractivity contribution in [2.45, 2.75) is 12.8 Å². The average molecular weight is 403 g/mol. The lowest BCUT2D eigenvalue weighted by Gasteiger charge is -2.17. The van der Waals surface area contributed by atoms with Crippen molar-refractivity contribution in [3.05, 3.63) is 52.0 Å². The van der Waals surface area contributed by atoms with Gasteiger partial charge in [0.05, 0.1) is 16.0 Å². The Morgan fingerprint density at radius 2 is 2.11 bits per heavy atom. The van der Waals surface area contributed by atoms with Crippen molar-refractivity contribution in [2.24, 2.45) is 0 Å². The number of thiophene rings is 1. The molecule has 0 radical (unpaired) electrons. The molecule has 27 heavy (non-hydrogen) atoms. The number of allylic oxidation sites excluding steroid dienone is 1. The molecule has 0 aliphatic heterocycles. The number of benzene rings is 1. The van der Waals surface area contributed by atoms with Crippen LogP contribution in [0.1, 0.15) is 16.9 Å². The van der Waals surface area contributed by atoms with Gasteiger partial charge in [-0.1, -0.05) is 11.6 Å². The number of nitrogens with zero attached hydrogens (tertiary/aromatic N) is 3. The second-order valence-electron chi connectivity index (χ2n) is 6.50. The number of nitrogens with one attached hydrogen (secondary N) is 1. The maximum absolute atomic E-state index is 13.4. The molecule has 0 saturated heterocycles. The molecule has 2 aromatic heterocycles. The van der Waals surface area contributed by atoms with Gasteiger partial charge in [-0.05, 0) is 30.2 Å². The van der Waals surface area contributed by atoms with Crippen molar-refractivity contribution in [1.29, 1.82) is 0 Å². The van der Waals surface area contributed by atoms with Crippen molar-refractivity contribution in [3.63, 3.8) is 0 Å². The first-order valence-electron chi connectivity index (χ1n) is 8.34. The number of aromatic nitrogens is 2. The Bertz CT molecular complexity index is 1090. The number of carbonyl (C=O) groups is 1. The number of aryl methyl sites for hydroxylation is 1. The third-order valence-corrected chi connectivity index (χ3v) is 5.77. The quantitative estimate of drug-likeness (QED) is 0.646. The molecule has 0 saturated carbocycles. The van der Waals surface area contributed by atoms with E-state index in [2.05, 4.69) is 15.3 Å². The summed E-state index contributed by atoms with van der Waals surface area (Å²) in [4.78, 5) is 24.8. The van der Waals surface area contributed by atoms with E-state index in [1.165, 1.54) is 29.8 Å². The van der Waals surface area contributed by atoms with Crippen molar-refractivity contribution in [2.75, 3.05) is 19.4 Å². The summed E-state index contributed by atoms with van der Waals surface area (Å²) in [5.74, 6) is 0.286. The Hall–Kier alpha value is -2.51. The van der Waals surface area contributed by atoms with E-state index in [9.17, 15) is 9.18 Å². The van der Waals surface area contributed by atoms with E-state index in [0.29, 0.717) is 29.9 Å². The highest BCUT2D eigenvalue weighted by molar-refractivity contribution is 7.20. The molecule has 1 aliphatic carbocycles. The number of Topliss-reactive ketones (excluding diaryl/α,β-unsaturated/α-hetero) is 1. The van der Waals surface area contributed by atoms with E-state index in [4.69, 9.17) is 11.6 Å². The van der Waals surface area contributed by atoms with Crippen LogP contribution >= 0.6 is 22.9 Å². The highest BCUT2D eigenvalue weighted by Crippen LogP contribution is 2.42. The van der Waals surface area contributed by atoms with Crippen LogP contribution in [-0.2, 0) is 11.2 Å². The zero-order valence-corrected chi connectivity index (χ0v) is 16.3. The van der Waals surface area contributed by atoms with Crippen molar-refractivity contribution in [1.82, 2.24) is 14.9 Å². The Morgan fingerprint density at radius 3 is 2.85 bits per heavy atom. The molecule has 8 heteroatoms. The van der Waals surface area contributed by atoms with Gasteiger partial charge in [-0.25, -0.2) is 14.4 Å². The molecular weight excluding hydrogens is 387 g/mol. The molecule has 2 heterocycles. The number of hydrogen-bond donors (Lipinski definition) is 1. The normalized spacial score (nSPS) is 15.3. The highest BCUT2D eigenvalue weighted by atomic mass is 35.5. The summed E-state index contributed by atoms with van der Waals surface area (Å²) < 4.78 is 13.4. The predicted octanol–water partition coefficient (Wildman–Crippen LogP) is 4.65. The maximum Gasteiger partial charge on any atom is 0.166 e. The van der Waals surface area contributed by atoms with Gasteiger partial charge in [0.25, 0.3) is 0 Å². The van der Waals surface area contributed by atoms with E-state index in [1.54, 1.807) is 6.07 Å². The van der Waals surface area contributed by atoms with Gasteiger partial charge in [0, 0.05) is 37.3 Å². The lowest BCUT2D eigenvalue weighted by Crippen LogP contribution is -2.14. The molecule has 1 N–H and O–H groups in total. The van der Waals surface area contributed by atoms with Gasteiger partial charge in [-0.15, -0.1) is 11.3 Å². The number of rotatable bonds is 3. The first kappa shape index (κ1) is 17.9. The number of fused-ring (bicyclic) bond motifs is 3. The van der Waals surface area contributed by atoms with Crippen molar-refractivity contribution in [3.8, 4) is 0 Å². The molecule has 1 aromatic carbocycles. The fourth-order valence-electron chi connectivity index (χ4n) is 3.14. The van der Waals surface area contributed by atoms with Crippen LogP contribution in [0.15, 0.2) is 30.7 Å². The molecule has 4 rings (SSSR count). The largest absolute Gasteiger partial charge is 0.383 e. The third kappa shape index (κ3) is 3.28. The van der Waals surface area contributed by atoms with Gasteiger partial charge in [0.2, 0.25) is 0 Å². The van der Waals surface area contributed by atoms with Crippen LogP contribution < -0.4 is 5.32 Å². The van der Waals surface area contributed by atoms with E-state index in [0.717, 1.165) is 20.7 Å². The Morgan fingerprint density at radius 1 is 1.30 bits per heavy atom. The second-order valence-corrected chi connectivity index (χ2v) is 7.90. The minimum atomic E-state index is -0.472. The summed E-state index contributed by atoms with van der Waals surface area (Å²) >= 11 is 7.37. The maximum atomic E-state index is 13.4. The van der Waals surface area contributed by atoms with E-state index in [-0.39, 0.29) is 10.8 Å². The van der Waals surface area contributed by atoms with Crippen LogP contribution in [0.2, 0.25) is 5.02 Å². The second kappa shape index (κ2) is 6.90. The van der Waals surface area contributed by atoms with Crippen molar-refractivity contribution >= 4 is 56.0 Å². The van der Waals surface area contributed by atoms with Gasteiger partial charge in [0.15, 0.2) is 5.78 Å². The fourth-order valence-corrected chi connectivity index (χ4v) is 4.54. The molecular formula is C19H16ClFN4OS. The van der Waals surface area contributed by atoms with Crippen LogP contribution in [0.3, 0.4) is 0 Å². The molecule has 0 bridgehead atoms. The smallest absolute Gasteiger partial charge is 0.166 e. The Kier molecular flexibility index (Phi) is 4.57. The number of anilines is 2. The molecule has 1 aliphatic rings. The van der Waals surface area contributed by atoms with Gasteiger partial charge in [-0.2, -0.15) is 0 Å². The van der Waals surface area contributed by atoms with Gasteiger partial charge in [-0.3, -0.25) is 4.79 Å². The van der Waals surface area contributed by atoms with Crippen LogP contribution in [0, 0.1) is 5.82 Å². The number of carbonyl (C=O) groups excluding carboxylic acids is 1. The van der Waals surface area contributed by atoms with Gasteiger partial charge >= 0.3 is 0 Å². The molecule has 0 spiro atoms. The van der Waals surface area contributed by atoms with Crippen LogP contribution in [-0.4, -0.2) is 34.7 Å². The van der Waals surface area contributed by atoms with E-state index in [1.807, 2.05) is 25.2 Å². The molecule has 138 valence electrons. The molecule has 0 atom stereocenters. The van der Waals surface area contributed by atoms with Crippen LogP contribution in [0.4, 0.5) is 15.9 Å². The first-order chi connectivity index (χ1) is 12.9. The molecule has 5 nitrogen and oxygen atoms in total. The third-order valence-electron chi connectivity index (χ3n) is 4.30. The fraction of sp³-hybridized carbons (Fsp3) is 0.211. The molecule has 0 amide bonds. The topological polar surface area (TPSA) is 58.1 Å². The standard InChI is InChI=1S/C19H16ClFN4OS/c1-25(2)8-12-15(26)6-4-11-16-18(22-9-23-19(16)27-17(11)12)24-10-3-5-14(21)13(20)7-10/h3,5,7-9H,4,6H2,1-2H3,(H,22,23,24)/b12-8-. The summed E-state index contributed by atoms with van der Waals surface area (Å²) in [6, 6.07) is 4.43. The summed E-state index contributed by atoms with van der Waals surface area (Å²) in [6.45, 7) is 0. The minimum absolute atomic E-state index is 0.0412. The Balaban J connectivity index is 1.84. The summed E-state index contributed by atoms with van der Waals surface area (Å²) in [5, 5.41) is 4.15.